The van der Waals surface area contributed by atoms with E-state index >= 15 is 0 Å². The average Bonchev–Trinajstić information content (AvgIpc) is 2.41. The number of aromatic nitrogens is 2. The van der Waals surface area contributed by atoms with E-state index in [-0.39, 0.29) is 6.54 Å². The van der Waals surface area contributed by atoms with Crippen molar-refractivity contribution in [3.8, 4) is 5.88 Å². The Hall–Kier alpha value is -2.31. The first-order valence-corrected chi connectivity index (χ1v) is 6.27. The molecule has 0 aromatic carbocycles. The number of ether oxygens (including phenoxy) is 1. The number of halogens is 3. The summed E-state index contributed by atoms with van der Waals surface area (Å²) in [6, 6.07) is 6.89. The van der Waals surface area contributed by atoms with Crippen molar-refractivity contribution in [2.45, 2.75) is 19.6 Å². The van der Waals surface area contributed by atoms with E-state index in [1.165, 1.54) is 12.3 Å². The Bertz CT molecular complexity index is 680. The Morgan fingerprint density at radius 1 is 1.24 bits per heavy atom. The van der Waals surface area contributed by atoms with Crippen LogP contribution in [0, 0.1) is 0 Å². The fourth-order valence-electron chi connectivity index (χ4n) is 1.83. The summed E-state index contributed by atoms with van der Waals surface area (Å²) in [5.41, 5.74) is -1.83. The summed E-state index contributed by atoms with van der Waals surface area (Å²) >= 11 is 0. The lowest BCUT2D eigenvalue weighted by Gasteiger charge is -2.10. The number of hydrogen-bond donors (Lipinski definition) is 0. The molecule has 21 heavy (non-hydrogen) atoms. The van der Waals surface area contributed by atoms with Gasteiger partial charge in [0.25, 0.3) is 5.56 Å². The molecule has 0 saturated carbocycles. The molecule has 0 amide bonds. The molecule has 0 atom stereocenters. The maximum Gasteiger partial charge on any atom is 0.421 e. The third-order valence-electron chi connectivity index (χ3n) is 2.73. The molecule has 0 aliphatic rings. The van der Waals surface area contributed by atoms with Crippen molar-refractivity contribution in [2.75, 3.05) is 6.61 Å². The van der Waals surface area contributed by atoms with E-state index in [9.17, 15) is 18.0 Å². The van der Waals surface area contributed by atoms with Gasteiger partial charge < -0.3 is 9.30 Å². The summed E-state index contributed by atoms with van der Waals surface area (Å²) in [6.45, 7) is 2.18. The van der Waals surface area contributed by atoms with E-state index in [0.29, 0.717) is 18.2 Å². The Balaban J connectivity index is 2.32. The van der Waals surface area contributed by atoms with Gasteiger partial charge in [0.2, 0.25) is 5.88 Å². The van der Waals surface area contributed by atoms with E-state index in [4.69, 9.17) is 4.74 Å². The maximum absolute atomic E-state index is 12.7. The van der Waals surface area contributed by atoms with Gasteiger partial charge in [0.05, 0.1) is 18.8 Å². The van der Waals surface area contributed by atoms with Crippen LogP contribution in [0.1, 0.15) is 18.2 Å². The van der Waals surface area contributed by atoms with Crippen molar-refractivity contribution in [1.29, 1.82) is 0 Å². The van der Waals surface area contributed by atoms with Gasteiger partial charge in [-0.2, -0.15) is 13.2 Å². The second-order valence-corrected chi connectivity index (χ2v) is 4.25. The SMILES string of the molecule is CCOc1cccc(Cn2cccc(C(F)(F)F)c2=O)n1. The van der Waals surface area contributed by atoms with E-state index in [1.807, 2.05) is 0 Å². The summed E-state index contributed by atoms with van der Waals surface area (Å²) < 4.78 is 44.2. The smallest absolute Gasteiger partial charge is 0.421 e. The highest BCUT2D eigenvalue weighted by atomic mass is 19.4. The fraction of sp³-hybridized carbons (Fsp3) is 0.286. The molecule has 4 nitrogen and oxygen atoms in total. The number of nitrogens with zero attached hydrogens (tertiary/aromatic N) is 2. The van der Waals surface area contributed by atoms with Crippen LogP contribution in [-0.4, -0.2) is 16.2 Å². The van der Waals surface area contributed by atoms with Gasteiger partial charge in [0.15, 0.2) is 0 Å². The molecule has 112 valence electrons. The summed E-state index contributed by atoms with van der Waals surface area (Å²) in [7, 11) is 0. The van der Waals surface area contributed by atoms with Crippen molar-refractivity contribution in [2.24, 2.45) is 0 Å². The summed E-state index contributed by atoms with van der Waals surface area (Å²) in [6.07, 6.45) is -3.37. The molecule has 0 radical (unpaired) electrons. The van der Waals surface area contributed by atoms with Crippen molar-refractivity contribution >= 4 is 0 Å². The van der Waals surface area contributed by atoms with Gasteiger partial charge in [-0.3, -0.25) is 4.79 Å². The standard InChI is InChI=1S/C14H13F3N2O2/c1-2-21-12-7-3-5-10(18-12)9-19-8-4-6-11(13(19)20)14(15,16)17/h3-8H,2,9H2,1H3. The van der Waals surface area contributed by atoms with Crippen LogP contribution in [0.4, 0.5) is 13.2 Å². The molecule has 0 fully saturated rings. The minimum absolute atomic E-state index is 0.0519. The molecule has 2 aromatic heterocycles. The molecule has 0 unspecified atom stereocenters. The van der Waals surface area contributed by atoms with Crippen LogP contribution in [0.2, 0.25) is 0 Å². The minimum atomic E-state index is -4.67. The predicted octanol–water partition coefficient (Wildman–Crippen LogP) is 2.71. The van der Waals surface area contributed by atoms with E-state index in [1.54, 1.807) is 25.1 Å². The first kappa shape index (κ1) is 15.1. The lowest BCUT2D eigenvalue weighted by Crippen LogP contribution is -2.28. The number of alkyl halides is 3. The number of pyridine rings is 2. The average molecular weight is 298 g/mol. The summed E-state index contributed by atoms with van der Waals surface area (Å²) in [5, 5.41) is 0. The Kier molecular flexibility index (Phi) is 4.30. The second-order valence-electron chi connectivity index (χ2n) is 4.25. The molecule has 2 heterocycles. The zero-order valence-electron chi connectivity index (χ0n) is 11.2. The van der Waals surface area contributed by atoms with Gasteiger partial charge >= 0.3 is 6.18 Å². The Morgan fingerprint density at radius 3 is 2.67 bits per heavy atom. The van der Waals surface area contributed by atoms with Gasteiger partial charge in [0.1, 0.15) is 5.56 Å². The highest BCUT2D eigenvalue weighted by Gasteiger charge is 2.34. The van der Waals surface area contributed by atoms with Gasteiger partial charge in [-0.25, -0.2) is 4.98 Å². The van der Waals surface area contributed by atoms with Crippen molar-refractivity contribution in [1.82, 2.24) is 9.55 Å². The first-order valence-electron chi connectivity index (χ1n) is 6.27. The third kappa shape index (κ3) is 3.62. The van der Waals surface area contributed by atoms with Crippen molar-refractivity contribution in [3.05, 3.63) is 58.1 Å². The van der Waals surface area contributed by atoms with Crippen LogP contribution >= 0.6 is 0 Å². The molecule has 0 spiro atoms. The van der Waals surface area contributed by atoms with Gasteiger partial charge in [0, 0.05) is 12.3 Å². The summed E-state index contributed by atoms with van der Waals surface area (Å²) in [5.74, 6) is 0.370. The van der Waals surface area contributed by atoms with Crippen LogP contribution < -0.4 is 10.3 Å². The lowest BCUT2D eigenvalue weighted by molar-refractivity contribution is -0.138. The molecule has 2 aromatic rings. The molecule has 0 bridgehead atoms. The van der Waals surface area contributed by atoms with Gasteiger partial charge in [-0.05, 0) is 25.1 Å². The zero-order chi connectivity index (χ0) is 15.5. The van der Waals surface area contributed by atoms with Crippen LogP contribution in [-0.2, 0) is 12.7 Å². The van der Waals surface area contributed by atoms with Crippen molar-refractivity contribution in [3.63, 3.8) is 0 Å². The predicted molar refractivity (Wildman–Crippen MR) is 70.2 cm³/mol. The largest absolute Gasteiger partial charge is 0.478 e. The lowest BCUT2D eigenvalue weighted by atomic mass is 10.2. The third-order valence-corrected chi connectivity index (χ3v) is 2.73. The van der Waals surface area contributed by atoms with E-state index < -0.39 is 17.3 Å². The Morgan fingerprint density at radius 2 is 2.00 bits per heavy atom. The van der Waals surface area contributed by atoms with E-state index in [2.05, 4.69) is 4.98 Å². The minimum Gasteiger partial charge on any atom is -0.478 e. The first-order chi connectivity index (χ1) is 9.91. The van der Waals surface area contributed by atoms with Crippen LogP contribution in [0.15, 0.2) is 41.3 Å². The monoisotopic (exact) mass is 298 g/mol. The molecular weight excluding hydrogens is 285 g/mol. The van der Waals surface area contributed by atoms with Crippen LogP contribution in [0.5, 0.6) is 5.88 Å². The molecule has 0 aliphatic heterocycles. The molecule has 2 rings (SSSR count). The summed E-state index contributed by atoms with van der Waals surface area (Å²) in [4.78, 5) is 15.9. The normalized spacial score (nSPS) is 11.4. The Labute approximate surface area is 118 Å². The number of rotatable bonds is 4. The molecule has 7 heteroatoms. The van der Waals surface area contributed by atoms with Crippen LogP contribution in [0.3, 0.4) is 0 Å². The van der Waals surface area contributed by atoms with Crippen LogP contribution in [0.25, 0.3) is 0 Å². The van der Waals surface area contributed by atoms with Gasteiger partial charge in [-0.15, -0.1) is 0 Å². The highest BCUT2D eigenvalue weighted by Crippen LogP contribution is 2.26. The zero-order valence-corrected chi connectivity index (χ0v) is 11.2. The molecular formula is C14H13F3N2O2. The second kappa shape index (κ2) is 5.99. The van der Waals surface area contributed by atoms with Gasteiger partial charge in [-0.1, -0.05) is 6.07 Å². The molecule has 0 aliphatic carbocycles. The molecule has 0 N–H and O–H groups in total. The van der Waals surface area contributed by atoms with E-state index in [0.717, 1.165) is 10.6 Å². The topological polar surface area (TPSA) is 44.1 Å². The quantitative estimate of drug-likeness (QED) is 0.871. The van der Waals surface area contributed by atoms with Crippen molar-refractivity contribution < 1.29 is 17.9 Å². The maximum atomic E-state index is 12.7. The molecule has 0 saturated heterocycles. The fourth-order valence-corrected chi connectivity index (χ4v) is 1.83. The number of hydrogen-bond acceptors (Lipinski definition) is 3. The highest BCUT2D eigenvalue weighted by molar-refractivity contribution is 5.18.